The number of para-hydroxylation sites is 1. The maximum atomic E-state index is 15.0. The molecular formula is C27H36FN5O3S. The molecule has 2 fully saturated rings. The van der Waals surface area contributed by atoms with Crippen LogP contribution in [-0.2, 0) is 4.79 Å². The topological polar surface area (TPSA) is 117 Å². The number of nitrogens with one attached hydrogen (secondary N) is 2. The highest BCUT2D eigenvalue weighted by Gasteiger charge is 2.36. The van der Waals surface area contributed by atoms with Crippen molar-refractivity contribution >= 4 is 40.6 Å². The summed E-state index contributed by atoms with van der Waals surface area (Å²) in [6.45, 7) is 1.91. The van der Waals surface area contributed by atoms with Crippen LogP contribution in [0, 0.1) is 5.82 Å². The number of nitrogens with two attached hydrogens (primary N) is 1. The molecule has 8 nitrogen and oxygen atoms in total. The van der Waals surface area contributed by atoms with Crippen LogP contribution in [-0.4, -0.2) is 40.2 Å². The van der Waals surface area contributed by atoms with Gasteiger partial charge in [-0.3, -0.25) is 19.3 Å². The van der Waals surface area contributed by atoms with Crippen molar-refractivity contribution in [1.82, 2.24) is 15.0 Å². The van der Waals surface area contributed by atoms with Crippen LogP contribution in [0.15, 0.2) is 24.3 Å². The fraction of sp³-hybridized carbons (Fsp3) is 0.556. The van der Waals surface area contributed by atoms with Gasteiger partial charge in [-0.05, 0) is 55.8 Å². The van der Waals surface area contributed by atoms with Gasteiger partial charge in [-0.25, -0.2) is 4.39 Å². The minimum atomic E-state index is -0.934. The maximum Gasteiger partial charge on any atom is 0.273 e. The third-order valence-electron chi connectivity index (χ3n) is 7.29. The Morgan fingerprint density at radius 2 is 1.68 bits per heavy atom. The smallest absolute Gasteiger partial charge is 0.273 e. The zero-order valence-electron chi connectivity index (χ0n) is 21.3. The summed E-state index contributed by atoms with van der Waals surface area (Å²) in [5.74, 6) is -1.99. The van der Waals surface area contributed by atoms with Crippen LogP contribution in [0.2, 0.25) is 0 Å². The first-order chi connectivity index (χ1) is 17.9. The van der Waals surface area contributed by atoms with Gasteiger partial charge in [-0.2, -0.15) is 4.37 Å². The molecule has 2 aromatic rings. The number of nitrogens with zero attached hydrogens (tertiary/aromatic N) is 2. The van der Waals surface area contributed by atoms with Crippen LogP contribution in [0.1, 0.15) is 97.7 Å². The highest BCUT2D eigenvalue weighted by Crippen LogP contribution is 2.31. The summed E-state index contributed by atoms with van der Waals surface area (Å²) >= 11 is 0.802. The lowest BCUT2D eigenvalue weighted by Crippen LogP contribution is -2.52. The molecule has 4 rings (SSSR count). The Bertz CT molecular complexity index is 1110. The molecule has 0 radical (unpaired) electrons. The third kappa shape index (κ3) is 6.29. The van der Waals surface area contributed by atoms with Gasteiger partial charge >= 0.3 is 0 Å². The standard InChI is InChI=1S/C27H36FN5O3S/c1-2-10-21(25(34)30-17-13-6-7-14-17)33(20-16-9-8-15-19(20)28)27(36)24-22(29)23(32-37-24)26(35)31-18-11-4-3-5-12-18/h8-9,15-18,21H,2-7,10-14,29H2,1H3,(H,30,34)(H,31,35)/t21-/m1/s1. The summed E-state index contributed by atoms with van der Waals surface area (Å²) in [7, 11) is 0. The Morgan fingerprint density at radius 3 is 2.32 bits per heavy atom. The first-order valence-electron chi connectivity index (χ1n) is 13.3. The summed E-state index contributed by atoms with van der Waals surface area (Å²) in [4.78, 5) is 41.5. The van der Waals surface area contributed by atoms with Gasteiger partial charge in [0.15, 0.2) is 5.69 Å². The van der Waals surface area contributed by atoms with E-state index in [0.717, 1.165) is 69.3 Å². The second kappa shape index (κ2) is 12.5. The van der Waals surface area contributed by atoms with E-state index < -0.39 is 23.7 Å². The van der Waals surface area contributed by atoms with Crippen molar-refractivity contribution in [2.75, 3.05) is 10.6 Å². The molecule has 0 unspecified atom stereocenters. The molecule has 0 saturated heterocycles. The molecule has 0 aliphatic heterocycles. The molecule has 1 atom stereocenters. The van der Waals surface area contributed by atoms with Crippen molar-refractivity contribution in [1.29, 1.82) is 0 Å². The van der Waals surface area contributed by atoms with Crippen LogP contribution < -0.4 is 21.3 Å². The number of hydrogen-bond acceptors (Lipinski definition) is 6. The Balaban J connectivity index is 1.64. The monoisotopic (exact) mass is 529 g/mol. The molecule has 200 valence electrons. The number of rotatable bonds is 9. The number of aromatic nitrogens is 1. The Labute approximate surface area is 221 Å². The SMILES string of the molecule is CCC[C@H](C(=O)NC1CCCC1)N(C(=O)c1snc(C(=O)NC2CCCCC2)c1N)c1ccccc1F. The van der Waals surface area contributed by atoms with Crippen LogP contribution >= 0.6 is 11.5 Å². The molecular weight excluding hydrogens is 493 g/mol. The van der Waals surface area contributed by atoms with E-state index in [9.17, 15) is 14.4 Å². The molecule has 37 heavy (non-hydrogen) atoms. The summed E-state index contributed by atoms with van der Waals surface area (Å²) in [5, 5.41) is 6.04. The molecule has 2 aliphatic rings. The number of halogens is 1. The normalized spacial score (nSPS) is 17.4. The van der Waals surface area contributed by atoms with E-state index >= 15 is 4.39 Å². The van der Waals surface area contributed by atoms with Gasteiger partial charge in [0.2, 0.25) is 5.91 Å². The van der Waals surface area contributed by atoms with Crippen LogP contribution in [0.5, 0.6) is 0 Å². The summed E-state index contributed by atoms with van der Waals surface area (Å²) in [6, 6.07) is 5.06. The van der Waals surface area contributed by atoms with Crippen molar-refractivity contribution in [3.05, 3.63) is 40.7 Å². The van der Waals surface area contributed by atoms with Crippen molar-refractivity contribution < 1.29 is 18.8 Å². The Hall–Kier alpha value is -3.01. The zero-order chi connectivity index (χ0) is 26.4. The van der Waals surface area contributed by atoms with Crippen LogP contribution in [0.3, 0.4) is 0 Å². The second-order valence-electron chi connectivity index (χ2n) is 10.0. The molecule has 1 aromatic heterocycles. The lowest BCUT2D eigenvalue weighted by Gasteiger charge is -2.32. The predicted molar refractivity (Wildman–Crippen MR) is 143 cm³/mol. The van der Waals surface area contributed by atoms with Crippen molar-refractivity contribution in [2.45, 2.75) is 95.7 Å². The fourth-order valence-electron chi connectivity index (χ4n) is 5.31. The van der Waals surface area contributed by atoms with Gasteiger partial charge in [0.05, 0.1) is 11.4 Å². The van der Waals surface area contributed by atoms with Crippen molar-refractivity contribution in [3.8, 4) is 0 Å². The minimum Gasteiger partial charge on any atom is -0.395 e. The Kier molecular flexibility index (Phi) is 9.13. The number of hydrogen-bond donors (Lipinski definition) is 3. The average molecular weight is 530 g/mol. The lowest BCUT2D eigenvalue weighted by atomic mass is 9.95. The van der Waals surface area contributed by atoms with Gasteiger partial charge < -0.3 is 16.4 Å². The quantitative estimate of drug-likeness (QED) is 0.431. The summed E-state index contributed by atoms with van der Waals surface area (Å²) in [6.07, 6.45) is 9.88. The number of nitrogen functional groups attached to an aromatic ring is 1. The highest BCUT2D eigenvalue weighted by molar-refractivity contribution is 7.09. The first-order valence-corrected chi connectivity index (χ1v) is 14.1. The number of anilines is 2. The molecule has 2 saturated carbocycles. The summed E-state index contributed by atoms with van der Waals surface area (Å²) in [5.41, 5.74) is 6.24. The second-order valence-corrected chi connectivity index (χ2v) is 10.8. The van der Waals surface area contributed by atoms with Gasteiger partial charge in [0.25, 0.3) is 11.8 Å². The molecule has 1 aromatic carbocycles. The van der Waals surface area contributed by atoms with Crippen LogP contribution in [0.25, 0.3) is 0 Å². The van der Waals surface area contributed by atoms with E-state index in [2.05, 4.69) is 15.0 Å². The highest BCUT2D eigenvalue weighted by atomic mass is 32.1. The molecule has 10 heteroatoms. The van der Waals surface area contributed by atoms with E-state index in [1.54, 1.807) is 6.07 Å². The Morgan fingerprint density at radius 1 is 1.05 bits per heavy atom. The van der Waals surface area contributed by atoms with Crippen LogP contribution in [0.4, 0.5) is 15.8 Å². The number of amides is 3. The van der Waals surface area contributed by atoms with Gasteiger partial charge in [0.1, 0.15) is 16.7 Å². The number of carbonyl (C=O) groups excluding carboxylic acids is 3. The predicted octanol–water partition coefficient (Wildman–Crippen LogP) is 4.80. The molecule has 1 heterocycles. The maximum absolute atomic E-state index is 15.0. The minimum absolute atomic E-state index is 0.00476. The van der Waals surface area contributed by atoms with Crippen molar-refractivity contribution in [3.63, 3.8) is 0 Å². The first kappa shape index (κ1) is 27.0. The molecule has 2 aliphatic carbocycles. The molecule has 4 N–H and O–H groups in total. The molecule has 0 spiro atoms. The van der Waals surface area contributed by atoms with Crippen molar-refractivity contribution in [2.24, 2.45) is 0 Å². The summed E-state index contributed by atoms with van der Waals surface area (Å²) < 4.78 is 19.2. The number of carbonyl (C=O) groups is 3. The van der Waals surface area contributed by atoms with E-state index in [1.165, 1.54) is 23.1 Å². The fourth-order valence-corrected chi connectivity index (χ4v) is 6.04. The van der Waals surface area contributed by atoms with Gasteiger partial charge in [-0.15, -0.1) is 0 Å². The lowest BCUT2D eigenvalue weighted by molar-refractivity contribution is -0.123. The largest absolute Gasteiger partial charge is 0.395 e. The van der Waals surface area contributed by atoms with E-state index in [4.69, 9.17) is 5.73 Å². The van der Waals surface area contributed by atoms with Gasteiger partial charge in [0, 0.05) is 12.1 Å². The average Bonchev–Trinajstić information content (AvgIpc) is 3.54. The molecule has 3 amide bonds. The number of benzene rings is 1. The van der Waals surface area contributed by atoms with E-state index in [-0.39, 0.29) is 39.9 Å². The van der Waals surface area contributed by atoms with Gasteiger partial charge in [-0.1, -0.05) is 57.6 Å². The molecule has 0 bridgehead atoms. The third-order valence-corrected chi connectivity index (χ3v) is 8.14. The zero-order valence-corrected chi connectivity index (χ0v) is 22.1. The van der Waals surface area contributed by atoms with E-state index in [0.29, 0.717) is 12.8 Å². The van der Waals surface area contributed by atoms with E-state index in [1.807, 2.05) is 6.92 Å².